The predicted octanol–water partition coefficient (Wildman–Crippen LogP) is 6.69. The number of halogens is 3. The van der Waals surface area contributed by atoms with E-state index in [-0.39, 0.29) is 27.6 Å². The average molecular weight is 555 g/mol. The van der Waals surface area contributed by atoms with Crippen molar-refractivity contribution in [3.63, 3.8) is 0 Å². The van der Waals surface area contributed by atoms with E-state index in [1.54, 1.807) is 36.4 Å². The summed E-state index contributed by atoms with van der Waals surface area (Å²) < 4.78 is 20.1. The van der Waals surface area contributed by atoms with Crippen LogP contribution in [0.1, 0.15) is 29.7 Å². The van der Waals surface area contributed by atoms with Crippen molar-refractivity contribution in [1.82, 2.24) is 4.98 Å². The molecule has 3 heterocycles. The molecule has 2 aliphatic rings. The van der Waals surface area contributed by atoms with Gasteiger partial charge in [0.25, 0.3) is 5.78 Å². The number of hydrogen-bond acceptors (Lipinski definition) is 6. The Labute approximate surface area is 224 Å². The molecule has 10 heteroatoms. The number of rotatable bonds is 3. The van der Waals surface area contributed by atoms with E-state index < -0.39 is 23.5 Å². The van der Waals surface area contributed by atoms with E-state index in [2.05, 4.69) is 4.98 Å². The molecule has 0 bridgehead atoms. The third-order valence-electron chi connectivity index (χ3n) is 6.42. The molecule has 1 fully saturated rings. The Kier molecular flexibility index (Phi) is 5.71. The lowest BCUT2D eigenvalue weighted by atomic mass is 9.94. The highest BCUT2D eigenvalue weighted by Crippen LogP contribution is 2.45. The topological polar surface area (TPSA) is 79.7 Å². The molecule has 37 heavy (non-hydrogen) atoms. The third-order valence-corrected chi connectivity index (χ3v) is 8.18. The van der Waals surface area contributed by atoms with Crippen LogP contribution in [0.25, 0.3) is 16.0 Å². The minimum atomic E-state index is -1.04. The van der Waals surface area contributed by atoms with Crippen LogP contribution in [0.4, 0.5) is 9.52 Å². The van der Waals surface area contributed by atoms with Gasteiger partial charge in [-0.1, -0.05) is 40.6 Å². The molecular weight excluding hydrogens is 538 g/mol. The van der Waals surface area contributed by atoms with Crippen molar-refractivity contribution in [3.05, 3.63) is 92.7 Å². The molecule has 1 N–H and O–H groups in total. The Morgan fingerprint density at radius 2 is 1.92 bits per heavy atom. The van der Waals surface area contributed by atoms with Crippen LogP contribution in [-0.4, -0.2) is 27.9 Å². The minimum absolute atomic E-state index is 0.00180. The summed E-state index contributed by atoms with van der Waals surface area (Å²) in [6.45, 7) is 1.94. The van der Waals surface area contributed by atoms with Crippen LogP contribution >= 0.6 is 34.5 Å². The van der Waals surface area contributed by atoms with Gasteiger partial charge in [-0.25, -0.2) is 9.37 Å². The maximum absolute atomic E-state index is 13.8. The lowest BCUT2D eigenvalue weighted by Gasteiger charge is -2.23. The summed E-state index contributed by atoms with van der Waals surface area (Å²) in [7, 11) is 0. The van der Waals surface area contributed by atoms with Crippen molar-refractivity contribution in [2.24, 2.45) is 0 Å². The van der Waals surface area contributed by atoms with E-state index in [1.165, 1.54) is 23.1 Å². The lowest BCUT2D eigenvalue weighted by Crippen LogP contribution is -2.29. The maximum Gasteiger partial charge on any atom is 0.301 e. The van der Waals surface area contributed by atoms with Gasteiger partial charge in [0.2, 0.25) is 0 Å². The quantitative estimate of drug-likeness (QED) is 0.173. The van der Waals surface area contributed by atoms with Crippen molar-refractivity contribution >= 4 is 67.3 Å². The second-order valence-electron chi connectivity index (χ2n) is 8.91. The maximum atomic E-state index is 13.8. The van der Waals surface area contributed by atoms with E-state index in [4.69, 9.17) is 27.9 Å². The number of aliphatic hydroxyl groups excluding tert-OH is 1. The van der Waals surface area contributed by atoms with Gasteiger partial charge in [-0.2, -0.15) is 0 Å². The zero-order chi connectivity index (χ0) is 26.0. The molecule has 0 spiro atoms. The normalized spacial score (nSPS) is 20.5. The molecule has 3 aromatic carbocycles. The van der Waals surface area contributed by atoms with Gasteiger partial charge in [0.05, 0.1) is 31.9 Å². The Balaban J connectivity index is 1.55. The smallest absolute Gasteiger partial charge is 0.301 e. The Hall–Kier alpha value is -3.46. The summed E-state index contributed by atoms with van der Waals surface area (Å²) in [4.78, 5) is 32.5. The fourth-order valence-corrected chi connectivity index (χ4v) is 6.07. The summed E-state index contributed by atoms with van der Waals surface area (Å²) in [5, 5.41) is 12.1. The molecule has 6 rings (SSSR count). The van der Waals surface area contributed by atoms with Crippen molar-refractivity contribution in [3.8, 4) is 5.75 Å². The molecule has 0 saturated carbocycles. The van der Waals surface area contributed by atoms with E-state index in [9.17, 15) is 19.1 Å². The number of carbonyl (C=O) groups is 2. The van der Waals surface area contributed by atoms with E-state index in [1.807, 2.05) is 6.92 Å². The number of Topliss-reactive ketones (excluding diaryl/α,β-unsaturated/α-hetero) is 1. The van der Waals surface area contributed by atoms with Crippen LogP contribution in [0, 0.1) is 5.82 Å². The van der Waals surface area contributed by atoms with Crippen LogP contribution < -0.4 is 9.64 Å². The zero-order valence-electron chi connectivity index (χ0n) is 19.2. The van der Waals surface area contributed by atoms with Crippen molar-refractivity contribution in [2.75, 3.05) is 4.90 Å². The number of fused-ring (bicyclic) bond motifs is 2. The first-order chi connectivity index (χ1) is 17.7. The van der Waals surface area contributed by atoms with Gasteiger partial charge >= 0.3 is 5.91 Å². The van der Waals surface area contributed by atoms with Gasteiger partial charge in [0, 0.05) is 12.0 Å². The second-order valence-corrected chi connectivity index (χ2v) is 10.7. The summed E-state index contributed by atoms with van der Waals surface area (Å²) >= 11 is 13.5. The predicted molar refractivity (Wildman–Crippen MR) is 141 cm³/mol. The van der Waals surface area contributed by atoms with Gasteiger partial charge in [0.15, 0.2) is 5.13 Å². The fourth-order valence-electron chi connectivity index (χ4n) is 4.74. The number of ether oxygens (including phenoxy) is 1. The largest absolute Gasteiger partial charge is 0.507 e. The number of nitrogens with zero attached hydrogens (tertiary/aromatic N) is 2. The molecule has 2 atom stereocenters. The highest BCUT2D eigenvalue weighted by atomic mass is 35.5. The molecule has 0 unspecified atom stereocenters. The second kappa shape index (κ2) is 8.83. The molecule has 1 amide bonds. The summed E-state index contributed by atoms with van der Waals surface area (Å²) in [5.74, 6) is -1.79. The number of amides is 1. The molecule has 0 aliphatic carbocycles. The zero-order valence-corrected chi connectivity index (χ0v) is 21.5. The highest BCUT2D eigenvalue weighted by molar-refractivity contribution is 7.22. The summed E-state index contributed by atoms with van der Waals surface area (Å²) in [6, 6.07) is 12.9. The highest BCUT2D eigenvalue weighted by Gasteiger charge is 2.48. The SMILES string of the molecule is C[C@H]1Cc2cc(C(O)=C3C(=O)C(=O)N(c4nc5ccc(F)cc5s4)[C@@H]3c3ccc(Cl)c(Cl)c3)ccc2O1. The Morgan fingerprint density at radius 3 is 2.70 bits per heavy atom. The van der Waals surface area contributed by atoms with Gasteiger partial charge in [-0.05, 0) is 66.6 Å². The van der Waals surface area contributed by atoms with Crippen molar-refractivity contribution < 1.29 is 23.8 Å². The van der Waals surface area contributed by atoms with Gasteiger partial charge < -0.3 is 9.84 Å². The van der Waals surface area contributed by atoms with E-state index in [0.717, 1.165) is 16.9 Å². The van der Waals surface area contributed by atoms with E-state index >= 15 is 0 Å². The minimum Gasteiger partial charge on any atom is -0.507 e. The van der Waals surface area contributed by atoms with Crippen LogP contribution in [0.5, 0.6) is 5.75 Å². The average Bonchev–Trinajstić information content (AvgIpc) is 3.52. The van der Waals surface area contributed by atoms with Gasteiger partial charge in [-0.15, -0.1) is 0 Å². The molecule has 1 saturated heterocycles. The monoisotopic (exact) mass is 554 g/mol. The number of benzene rings is 3. The van der Waals surface area contributed by atoms with Crippen LogP contribution in [0.3, 0.4) is 0 Å². The van der Waals surface area contributed by atoms with Crippen molar-refractivity contribution in [2.45, 2.75) is 25.5 Å². The Morgan fingerprint density at radius 1 is 1.11 bits per heavy atom. The standard InChI is InChI=1S/C27H17Cl2FN2O4S/c1-12-8-15-9-14(3-7-20(15)36-12)24(33)22-23(13-2-5-17(28)18(29)10-13)32(26(35)25(22)34)27-31-19-6-4-16(30)11-21(19)37-27/h2-7,9-12,23,33H,8H2,1H3/t12-,23+/m0/s1. The summed E-state index contributed by atoms with van der Waals surface area (Å²) in [6.07, 6.45) is 0.654. The number of aromatic nitrogens is 1. The molecule has 4 aromatic rings. The molecule has 0 radical (unpaired) electrons. The number of thiazole rings is 1. The van der Waals surface area contributed by atoms with Crippen LogP contribution in [0.15, 0.2) is 60.2 Å². The molecule has 1 aromatic heterocycles. The van der Waals surface area contributed by atoms with Crippen LogP contribution in [-0.2, 0) is 16.0 Å². The number of hydrogen-bond donors (Lipinski definition) is 1. The van der Waals surface area contributed by atoms with Gasteiger partial charge in [0.1, 0.15) is 23.4 Å². The van der Waals surface area contributed by atoms with Crippen molar-refractivity contribution in [1.29, 1.82) is 0 Å². The third kappa shape index (κ3) is 3.96. The number of anilines is 1. The number of ketones is 1. The molecular formula is C27H17Cl2FN2O4S. The first kappa shape index (κ1) is 23.9. The number of carbonyl (C=O) groups excluding carboxylic acids is 2. The lowest BCUT2D eigenvalue weighted by molar-refractivity contribution is -0.132. The first-order valence-corrected chi connectivity index (χ1v) is 12.9. The molecule has 186 valence electrons. The van der Waals surface area contributed by atoms with Crippen LogP contribution in [0.2, 0.25) is 10.0 Å². The van der Waals surface area contributed by atoms with E-state index in [0.29, 0.717) is 38.5 Å². The molecule has 2 aliphatic heterocycles. The fraction of sp³-hybridized carbons (Fsp3) is 0.148. The number of aliphatic hydroxyl groups is 1. The Bertz CT molecular complexity index is 1670. The van der Waals surface area contributed by atoms with Gasteiger partial charge in [-0.3, -0.25) is 14.5 Å². The molecule has 6 nitrogen and oxygen atoms in total. The summed E-state index contributed by atoms with van der Waals surface area (Å²) in [5.41, 5.74) is 2.10. The first-order valence-electron chi connectivity index (χ1n) is 11.3.